The van der Waals surface area contributed by atoms with Crippen LogP contribution in [-0.4, -0.2) is 50.9 Å². The van der Waals surface area contributed by atoms with Crippen LogP contribution < -0.4 is 14.4 Å². The number of halogens is 2. The highest BCUT2D eigenvalue weighted by Gasteiger charge is 2.32. The Labute approximate surface area is 245 Å². The number of sulfonamides is 1. The average molecular weight is 607 g/mol. The Kier molecular flexibility index (Phi) is 11.2. The predicted octanol–water partition coefficient (Wildman–Crippen LogP) is 5.53. The third-order valence-electron chi connectivity index (χ3n) is 6.10. The molecule has 0 fully saturated rings. The lowest BCUT2D eigenvalue weighted by Gasteiger charge is -2.32. The van der Waals surface area contributed by atoms with E-state index in [1.54, 1.807) is 55.5 Å². The number of anilines is 1. The number of rotatable bonds is 13. The van der Waals surface area contributed by atoms with Gasteiger partial charge < -0.3 is 15.0 Å². The van der Waals surface area contributed by atoms with Gasteiger partial charge in [-0.25, -0.2) is 8.42 Å². The van der Waals surface area contributed by atoms with Gasteiger partial charge in [0, 0.05) is 23.1 Å². The van der Waals surface area contributed by atoms with Crippen molar-refractivity contribution in [3.63, 3.8) is 0 Å². The van der Waals surface area contributed by atoms with Crippen LogP contribution in [0.4, 0.5) is 5.69 Å². The van der Waals surface area contributed by atoms with E-state index in [9.17, 15) is 18.0 Å². The van der Waals surface area contributed by atoms with E-state index in [0.717, 1.165) is 16.3 Å². The molecule has 0 saturated carbocycles. The van der Waals surface area contributed by atoms with Gasteiger partial charge in [-0.2, -0.15) is 0 Å². The van der Waals surface area contributed by atoms with Crippen LogP contribution in [0.5, 0.6) is 5.75 Å². The largest absolute Gasteiger partial charge is 0.494 e. The number of nitrogens with zero attached hydrogens (tertiary/aromatic N) is 2. The van der Waals surface area contributed by atoms with Crippen LogP contribution in [0.25, 0.3) is 0 Å². The highest BCUT2D eigenvalue weighted by atomic mass is 35.5. The lowest BCUT2D eigenvalue weighted by atomic mass is 10.1. The number of amides is 2. The van der Waals surface area contributed by atoms with Crippen LogP contribution in [0, 0.1) is 0 Å². The summed E-state index contributed by atoms with van der Waals surface area (Å²) in [5.41, 5.74) is 1.00. The lowest BCUT2D eigenvalue weighted by molar-refractivity contribution is -0.139. The molecular weight excluding hydrogens is 573 g/mol. The topological polar surface area (TPSA) is 96.0 Å². The standard InChI is InChI=1S/C29H33Cl2N3O5S/c1-4-18-32-29(36)21(3)33(19-22-6-8-23(30)9-7-22)28(35)20-34(25-12-14-26(15-13-25)39-5-2)40(37,38)27-16-10-24(31)11-17-27/h6-17,21H,4-5,18-20H2,1-3H3,(H,32,36). The smallest absolute Gasteiger partial charge is 0.264 e. The van der Waals surface area contributed by atoms with E-state index in [2.05, 4.69) is 5.32 Å². The molecule has 0 radical (unpaired) electrons. The van der Waals surface area contributed by atoms with E-state index >= 15 is 0 Å². The number of carbonyl (C=O) groups is 2. The molecule has 11 heteroatoms. The first-order valence-corrected chi connectivity index (χ1v) is 15.1. The molecule has 0 bridgehead atoms. The van der Waals surface area contributed by atoms with E-state index in [-0.39, 0.29) is 23.0 Å². The molecule has 0 aliphatic heterocycles. The summed E-state index contributed by atoms with van der Waals surface area (Å²) >= 11 is 12.0. The summed E-state index contributed by atoms with van der Waals surface area (Å²) in [5.74, 6) is -0.329. The lowest BCUT2D eigenvalue weighted by Crippen LogP contribution is -2.51. The number of benzene rings is 3. The van der Waals surface area contributed by atoms with Crippen molar-refractivity contribution >= 4 is 50.7 Å². The van der Waals surface area contributed by atoms with Crippen molar-refractivity contribution in [2.75, 3.05) is 24.0 Å². The number of ether oxygens (including phenoxy) is 1. The highest BCUT2D eigenvalue weighted by molar-refractivity contribution is 7.92. The minimum absolute atomic E-state index is 0.0310. The Morgan fingerprint density at radius 3 is 2.02 bits per heavy atom. The molecule has 1 N–H and O–H groups in total. The number of hydrogen-bond acceptors (Lipinski definition) is 5. The zero-order chi connectivity index (χ0) is 29.3. The van der Waals surface area contributed by atoms with E-state index in [4.69, 9.17) is 27.9 Å². The van der Waals surface area contributed by atoms with Gasteiger partial charge in [-0.3, -0.25) is 13.9 Å². The monoisotopic (exact) mass is 605 g/mol. The Morgan fingerprint density at radius 2 is 1.48 bits per heavy atom. The highest BCUT2D eigenvalue weighted by Crippen LogP contribution is 2.27. The summed E-state index contributed by atoms with van der Waals surface area (Å²) in [4.78, 5) is 28.1. The molecule has 3 aromatic carbocycles. The Bertz CT molecular complexity index is 1380. The summed E-state index contributed by atoms with van der Waals surface area (Å²) in [5, 5.41) is 3.73. The normalized spacial score (nSPS) is 11.9. The zero-order valence-electron chi connectivity index (χ0n) is 22.6. The van der Waals surface area contributed by atoms with Crippen molar-refractivity contribution in [1.29, 1.82) is 0 Å². The molecule has 1 atom stereocenters. The Balaban J connectivity index is 2.01. The van der Waals surface area contributed by atoms with Gasteiger partial charge in [-0.15, -0.1) is 0 Å². The zero-order valence-corrected chi connectivity index (χ0v) is 25.0. The summed E-state index contributed by atoms with van der Waals surface area (Å²) in [7, 11) is -4.19. The fraction of sp³-hybridized carbons (Fsp3) is 0.310. The van der Waals surface area contributed by atoms with Gasteiger partial charge in [0.15, 0.2) is 0 Å². The first-order chi connectivity index (χ1) is 19.1. The van der Waals surface area contributed by atoms with E-state index < -0.39 is 28.5 Å². The van der Waals surface area contributed by atoms with Crippen LogP contribution in [0.15, 0.2) is 77.7 Å². The fourth-order valence-corrected chi connectivity index (χ4v) is 5.57. The fourth-order valence-electron chi connectivity index (χ4n) is 3.90. The third kappa shape index (κ3) is 8.13. The number of hydrogen-bond donors (Lipinski definition) is 1. The minimum atomic E-state index is -4.19. The Hall–Kier alpha value is -3.27. The van der Waals surface area contributed by atoms with Crippen molar-refractivity contribution in [1.82, 2.24) is 10.2 Å². The van der Waals surface area contributed by atoms with Gasteiger partial charge in [-0.1, -0.05) is 42.3 Å². The molecule has 2 amide bonds. The van der Waals surface area contributed by atoms with E-state index in [1.165, 1.54) is 29.2 Å². The van der Waals surface area contributed by atoms with Crippen LogP contribution >= 0.6 is 23.2 Å². The van der Waals surface area contributed by atoms with Crippen molar-refractivity contribution in [3.05, 3.63) is 88.4 Å². The maximum Gasteiger partial charge on any atom is 0.264 e. The van der Waals surface area contributed by atoms with Gasteiger partial charge in [0.05, 0.1) is 17.2 Å². The molecule has 40 heavy (non-hydrogen) atoms. The third-order valence-corrected chi connectivity index (χ3v) is 8.39. The molecular formula is C29H33Cl2N3O5S. The molecule has 3 rings (SSSR count). The van der Waals surface area contributed by atoms with Crippen molar-refractivity contribution in [2.24, 2.45) is 0 Å². The molecule has 0 heterocycles. The van der Waals surface area contributed by atoms with Gasteiger partial charge >= 0.3 is 0 Å². The second-order valence-electron chi connectivity index (χ2n) is 9.01. The predicted molar refractivity (Wildman–Crippen MR) is 158 cm³/mol. The summed E-state index contributed by atoms with van der Waals surface area (Å²) < 4.78 is 34.2. The molecule has 0 saturated heterocycles. The Morgan fingerprint density at radius 1 is 0.900 bits per heavy atom. The van der Waals surface area contributed by atoms with Crippen LogP contribution in [0.2, 0.25) is 10.0 Å². The quantitative estimate of drug-likeness (QED) is 0.276. The first kappa shape index (κ1) is 31.3. The second-order valence-corrected chi connectivity index (χ2v) is 11.7. The minimum Gasteiger partial charge on any atom is -0.494 e. The van der Waals surface area contributed by atoms with Gasteiger partial charge in [0.2, 0.25) is 11.8 Å². The maximum atomic E-state index is 13.9. The van der Waals surface area contributed by atoms with E-state index in [0.29, 0.717) is 28.9 Å². The van der Waals surface area contributed by atoms with Crippen LogP contribution in [0.1, 0.15) is 32.8 Å². The first-order valence-electron chi connectivity index (χ1n) is 12.9. The van der Waals surface area contributed by atoms with E-state index in [1.807, 2.05) is 13.8 Å². The molecule has 8 nitrogen and oxygen atoms in total. The molecule has 1 unspecified atom stereocenters. The molecule has 0 aliphatic carbocycles. The molecule has 3 aromatic rings. The van der Waals surface area contributed by atoms with Crippen LogP contribution in [0.3, 0.4) is 0 Å². The average Bonchev–Trinajstić information content (AvgIpc) is 2.94. The van der Waals surface area contributed by atoms with Crippen molar-refractivity contribution < 1.29 is 22.7 Å². The summed E-state index contributed by atoms with van der Waals surface area (Å²) in [6.45, 7) is 5.83. The van der Waals surface area contributed by atoms with Gasteiger partial charge in [0.1, 0.15) is 18.3 Å². The maximum absolute atomic E-state index is 13.9. The van der Waals surface area contributed by atoms with Crippen LogP contribution in [-0.2, 0) is 26.2 Å². The molecule has 0 aliphatic rings. The van der Waals surface area contributed by atoms with Crippen molar-refractivity contribution in [2.45, 2.75) is 44.7 Å². The molecule has 0 aromatic heterocycles. The molecule has 214 valence electrons. The van der Waals surface area contributed by atoms with Crippen molar-refractivity contribution in [3.8, 4) is 5.75 Å². The molecule has 0 spiro atoms. The van der Waals surface area contributed by atoms with Gasteiger partial charge in [-0.05, 0) is 86.5 Å². The number of nitrogens with one attached hydrogen (secondary N) is 1. The summed E-state index contributed by atoms with van der Waals surface area (Å²) in [6, 6.07) is 18.2. The summed E-state index contributed by atoms with van der Waals surface area (Å²) in [6.07, 6.45) is 0.731. The number of carbonyl (C=O) groups excluding carboxylic acids is 2. The SMILES string of the molecule is CCCNC(=O)C(C)N(Cc1ccc(Cl)cc1)C(=O)CN(c1ccc(OCC)cc1)S(=O)(=O)c1ccc(Cl)cc1. The second kappa shape index (κ2) is 14.4. The van der Waals surface area contributed by atoms with Gasteiger partial charge in [0.25, 0.3) is 10.0 Å².